The lowest BCUT2D eigenvalue weighted by atomic mass is 10.0. The minimum absolute atomic E-state index is 0.132. The van der Waals surface area contributed by atoms with Crippen LogP contribution in [0.15, 0.2) is 71.6 Å². The number of hydrogen-bond acceptors (Lipinski definition) is 4. The molecule has 152 valence electrons. The summed E-state index contributed by atoms with van der Waals surface area (Å²) in [5, 5.41) is 5.02. The maximum absolute atomic E-state index is 12.4. The van der Waals surface area contributed by atoms with Crippen molar-refractivity contribution in [2.24, 2.45) is 0 Å². The summed E-state index contributed by atoms with van der Waals surface area (Å²) in [6.07, 6.45) is 0.237. The van der Waals surface area contributed by atoms with Crippen LogP contribution in [0.2, 0.25) is 0 Å². The number of rotatable bonds is 8. The van der Waals surface area contributed by atoms with Gasteiger partial charge in [-0.2, -0.15) is 0 Å². The Hall–Kier alpha value is -2.74. The molecule has 0 radical (unpaired) electrons. The molecule has 1 unspecified atom stereocenters. The third-order valence-electron chi connectivity index (χ3n) is 4.40. The standard InChI is InChI=1S/C22H24N2O4S/c1-16(15-28-2)24-29(26,27)21-11-9-20(10-12-21)23-22(25)14-17-7-8-18-5-3-4-6-19(18)13-17/h3-13,16,24H,14-15H2,1-2H3,(H,23,25). The molecule has 0 saturated carbocycles. The molecule has 7 heteroatoms. The predicted octanol–water partition coefficient (Wildman–Crippen LogP) is 3.33. The fourth-order valence-electron chi connectivity index (χ4n) is 3.07. The molecular formula is C22H24N2O4S. The van der Waals surface area contributed by atoms with Crippen molar-refractivity contribution in [2.75, 3.05) is 19.0 Å². The van der Waals surface area contributed by atoms with Gasteiger partial charge in [-0.25, -0.2) is 13.1 Å². The largest absolute Gasteiger partial charge is 0.383 e. The molecule has 2 N–H and O–H groups in total. The lowest BCUT2D eigenvalue weighted by Gasteiger charge is -2.13. The van der Waals surface area contributed by atoms with Crippen LogP contribution in [-0.2, 0) is 26.0 Å². The predicted molar refractivity (Wildman–Crippen MR) is 114 cm³/mol. The van der Waals surface area contributed by atoms with E-state index < -0.39 is 10.0 Å². The van der Waals surface area contributed by atoms with Gasteiger partial charge in [0.25, 0.3) is 0 Å². The molecule has 0 aliphatic carbocycles. The average Bonchev–Trinajstić information content (AvgIpc) is 2.68. The first-order valence-electron chi connectivity index (χ1n) is 9.26. The quantitative estimate of drug-likeness (QED) is 0.594. The van der Waals surface area contributed by atoms with E-state index in [0.717, 1.165) is 16.3 Å². The van der Waals surface area contributed by atoms with E-state index in [2.05, 4.69) is 10.0 Å². The van der Waals surface area contributed by atoms with Crippen LogP contribution in [0.5, 0.6) is 0 Å². The van der Waals surface area contributed by atoms with E-state index in [1.165, 1.54) is 19.2 Å². The van der Waals surface area contributed by atoms with Crippen LogP contribution in [0.3, 0.4) is 0 Å². The van der Waals surface area contributed by atoms with E-state index in [0.29, 0.717) is 5.69 Å². The fourth-order valence-corrected chi connectivity index (χ4v) is 4.30. The SMILES string of the molecule is COCC(C)NS(=O)(=O)c1ccc(NC(=O)Cc2ccc3ccccc3c2)cc1. The Morgan fingerprint density at radius 3 is 2.38 bits per heavy atom. The number of fused-ring (bicyclic) bond motifs is 1. The summed E-state index contributed by atoms with van der Waals surface area (Å²) in [7, 11) is -2.12. The van der Waals surface area contributed by atoms with Crippen LogP contribution in [0, 0.1) is 0 Å². The summed E-state index contributed by atoms with van der Waals surface area (Å²) in [6, 6.07) is 19.7. The van der Waals surface area contributed by atoms with Gasteiger partial charge in [0.05, 0.1) is 17.9 Å². The Labute approximate surface area is 170 Å². The molecule has 0 fully saturated rings. The van der Waals surface area contributed by atoms with Crippen molar-refractivity contribution in [1.82, 2.24) is 4.72 Å². The zero-order valence-electron chi connectivity index (χ0n) is 16.4. The summed E-state index contributed by atoms with van der Waals surface area (Å²) in [5.74, 6) is -0.164. The Morgan fingerprint density at radius 1 is 1.00 bits per heavy atom. The van der Waals surface area contributed by atoms with Crippen molar-refractivity contribution in [3.63, 3.8) is 0 Å². The normalized spacial score (nSPS) is 12.6. The molecule has 29 heavy (non-hydrogen) atoms. The zero-order chi connectivity index (χ0) is 20.9. The molecule has 0 aliphatic heterocycles. The van der Waals surface area contributed by atoms with Gasteiger partial charge in [-0.1, -0.05) is 42.5 Å². The molecule has 0 saturated heterocycles. The molecule has 0 heterocycles. The summed E-state index contributed by atoms with van der Waals surface area (Å²) in [4.78, 5) is 12.5. The summed E-state index contributed by atoms with van der Waals surface area (Å²) >= 11 is 0. The van der Waals surface area contributed by atoms with Crippen LogP contribution in [0.4, 0.5) is 5.69 Å². The van der Waals surface area contributed by atoms with E-state index in [1.54, 1.807) is 19.1 Å². The number of benzene rings is 3. The molecule has 0 aromatic heterocycles. The third kappa shape index (κ3) is 5.63. The van der Waals surface area contributed by atoms with Crippen LogP contribution in [0.1, 0.15) is 12.5 Å². The molecule has 0 spiro atoms. The Bertz CT molecular complexity index is 1100. The highest BCUT2D eigenvalue weighted by Gasteiger charge is 2.17. The van der Waals surface area contributed by atoms with Gasteiger partial charge in [-0.05, 0) is 47.5 Å². The van der Waals surface area contributed by atoms with Gasteiger partial charge in [0.2, 0.25) is 15.9 Å². The molecule has 1 amide bonds. The zero-order valence-corrected chi connectivity index (χ0v) is 17.2. The van der Waals surface area contributed by atoms with Gasteiger partial charge in [0, 0.05) is 18.8 Å². The Balaban J connectivity index is 1.63. The first kappa shape index (κ1) is 21.0. The maximum Gasteiger partial charge on any atom is 0.240 e. The number of nitrogens with one attached hydrogen (secondary N) is 2. The minimum Gasteiger partial charge on any atom is -0.383 e. The van der Waals surface area contributed by atoms with Gasteiger partial charge < -0.3 is 10.1 Å². The van der Waals surface area contributed by atoms with E-state index >= 15 is 0 Å². The number of hydrogen-bond donors (Lipinski definition) is 2. The van der Waals surface area contributed by atoms with Crippen molar-refractivity contribution in [2.45, 2.75) is 24.3 Å². The lowest BCUT2D eigenvalue weighted by molar-refractivity contribution is -0.115. The highest BCUT2D eigenvalue weighted by atomic mass is 32.2. The van der Waals surface area contributed by atoms with Gasteiger partial charge >= 0.3 is 0 Å². The average molecular weight is 413 g/mol. The summed E-state index contributed by atoms with van der Waals surface area (Å²) < 4.78 is 32.2. The van der Waals surface area contributed by atoms with Crippen LogP contribution >= 0.6 is 0 Å². The number of amides is 1. The second-order valence-corrected chi connectivity index (χ2v) is 8.62. The van der Waals surface area contributed by atoms with E-state index in [9.17, 15) is 13.2 Å². The molecule has 0 aliphatic rings. The molecule has 1 atom stereocenters. The van der Waals surface area contributed by atoms with Crippen LogP contribution in [0.25, 0.3) is 10.8 Å². The molecule has 6 nitrogen and oxygen atoms in total. The second-order valence-electron chi connectivity index (χ2n) is 6.91. The van der Waals surface area contributed by atoms with Gasteiger partial charge in [-0.3, -0.25) is 4.79 Å². The smallest absolute Gasteiger partial charge is 0.240 e. The van der Waals surface area contributed by atoms with Gasteiger partial charge in [0.15, 0.2) is 0 Å². The summed E-state index contributed by atoms with van der Waals surface area (Å²) in [5.41, 5.74) is 1.46. The summed E-state index contributed by atoms with van der Waals surface area (Å²) in [6.45, 7) is 2.00. The number of carbonyl (C=O) groups is 1. The van der Waals surface area contributed by atoms with Crippen molar-refractivity contribution in [3.8, 4) is 0 Å². The monoisotopic (exact) mass is 412 g/mol. The number of sulfonamides is 1. The minimum atomic E-state index is -3.64. The van der Waals surface area contributed by atoms with Gasteiger partial charge in [0.1, 0.15) is 0 Å². The fraction of sp³-hybridized carbons (Fsp3) is 0.227. The second kappa shape index (κ2) is 9.17. The highest BCUT2D eigenvalue weighted by molar-refractivity contribution is 7.89. The number of anilines is 1. The third-order valence-corrected chi connectivity index (χ3v) is 6.01. The van der Waals surface area contributed by atoms with E-state index in [1.807, 2.05) is 42.5 Å². The highest BCUT2D eigenvalue weighted by Crippen LogP contribution is 2.18. The molecule has 3 aromatic rings. The maximum atomic E-state index is 12.4. The number of methoxy groups -OCH3 is 1. The number of carbonyl (C=O) groups excluding carboxylic acids is 1. The van der Waals surface area contributed by atoms with Crippen molar-refractivity contribution in [1.29, 1.82) is 0 Å². The molecule has 3 rings (SSSR count). The number of ether oxygens (including phenoxy) is 1. The van der Waals surface area contributed by atoms with Crippen molar-refractivity contribution in [3.05, 3.63) is 72.3 Å². The lowest BCUT2D eigenvalue weighted by Crippen LogP contribution is -2.35. The molecule has 0 bridgehead atoms. The van der Waals surface area contributed by atoms with Crippen molar-refractivity contribution >= 4 is 32.4 Å². The van der Waals surface area contributed by atoms with Crippen LogP contribution in [-0.4, -0.2) is 34.1 Å². The first-order chi connectivity index (χ1) is 13.9. The Kier molecular flexibility index (Phi) is 6.64. The van der Waals surface area contributed by atoms with Crippen molar-refractivity contribution < 1.29 is 17.9 Å². The first-order valence-corrected chi connectivity index (χ1v) is 10.7. The van der Waals surface area contributed by atoms with E-state index in [-0.39, 0.29) is 29.9 Å². The molecular weight excluding hydrogens is 388 g/mol. The van der Waals surface area contributed by atoms with Crippen LogP contribution < -0.4 is 10.0 Å². The molecule has 3 aromatic carbocycles. The van der Waals surface area contributed by atoms with E-state index in [4.69, 9.17) is 4.74 Å². The Morgan fingerprint density at radius 2 is 1.69 bits per heavy atom. The van der Waals surface area contributed by atoms with Gasteiger partial charge in [-0.15, -0.1) is 0 Å². The topological polar surface area (TPSA) is 84.5 Å².